The van der Waals surface area contributed by atoms with Crippen molar-refractivity contribution < 1.29 is 23.9 Å². The van der Waals surface area contributed by atoms with E-state index in [0.29, 0.717) is 59.0 Å². The number of aliphatic imine (C=N–C) groups is 1. The number of likely N-dealkylation sites (N-methyl/N-ethyl adjacent to an activating group) is 1. The highest BCUT2D eigenvalue weighted by Gasteiger charge is 2.25. The van der Waals surface area contributed by atoms with Crippen LogP contribution in [0.4, 0.5) is 5.69 Å². The number of nitrogens with one attached hydrogen (secondary N) is 1. The van der Waals surface area contributed by atoms with Gasteiger partial charge in [0.15, 0.2) is 11.5 Å². The SMILES string of the molecule is COc1cc2c(cc1OC)N(C)C(=O)CN=C2c1cccc(C(=O)NCCCCCC(N)=O)c1. The molecule has 3 N–H and O–H groups in total. The highest BCUT2D eigenvalue weighted by molar-refractivity contribution is 6.20. The van der Waals surface area contributed by atoms with E-state index < -0.39 is 0 Å². The number of benzene rings is 2. The highest BCUT2D eigenvalue weighted by Crippen LogP contribution is 2.37. The van der Waals surface area contributed by atoms with E-state index in [1.807, 2.05) is 6.07 Å². The van der Waals surface area contributed by atoms with Gasteiger partial charge < -0.3 is 25.4 Å². The van der Waals surface area contributed by atoms with Crippen molar-refractivity contribution in [2.24, 2.45) is 10.7 Å². The van der Waals surface area contributed by atoms with Crippen LogP contribution in [0.2, 0.25) is 0 Å². The molecule has 1 heterocycles. The van der Waals surface area contributed by atoms with Crippen molar-refractivity contribution in [3.8, 4) is 11.5 Å². The van der Waals surface area contributed by atoms with Crippen LogP contribution in [0.3, 0.4) is 0 Å². The van der Waals surface area contributed by atoms with Crippen LogP contribution in [0, 0.1) is 0 Å². The first kappa shape index (κ1) is 24.8. The number of unbranched alkanes of at least 4 members (excludes halogenated alkanes) is 2. The van der Waals surface area contributed by atoms with Gasteiger partial charge in [-0.25, -0.2) is 0 Å². The van der Waals surface area contributed by atoms with E-state index in [4.69, 9.17) is 15.2 Å². The van der Waals surface area contributed by atoms with Crippen molar-refractivity contribution in [1.82, 2.24) is 5.32 Å². The van der Waals surface area contributed by atoms with Crippen LogP contribution in [0.15, 0.2) is 41.4 Å². The van der Waals surface area contributed by atoms with Crippen LogP contribution in [-0.4, -0.2) is 57.8 Å². The fourth-order valence-electron chi connectivity index (χ4n) is 3.77. The van der Waals surface area contributed by atoms with Gasteiger partial charge in [0.2, 0.25) is 11.8 Å². The zero-order chi connectivity index (χ0) is 24.7. The van der Waals surface area contributed by atoms with Crippen molar-refractivity contribution in [1.29, 1.82) is 0 Å². The van der Waals surface area contributed by atoms with Crippen molar-refractivity contribution in [2.45, 2.75) is 25.7 Å². The van der Waals surface area contributed by atoms with Gasteiger partial charge in [0, 0.05) is 42.8 Å². The Balaban J connectivity index is 1.84. The number of nitrogens with zero attached hydrogens (tertiary/aromatic N) is 2. The Morgan fingerprint density at radius 2 is 1.82 bits per heavy atom. The molecule has 1 aliphatic rings. The van der Waals surface area contributed by atoms with Crippen molar-refractivity contribution in [3.05, 3.63) is 53.1 Å². The average molecular weight is 467 g/mol. The number of hydrogen-bond donors (Lipinski definition) is 2. The third-order valence-electron chi connectivity index (χ3n) is 5.65. The lowest BCUT2D eigenvalue weighted by molar-refractivity contribution is -0.118. The Morgan fingerprint density at radius 3 is 2.53 bits per heavy atom. The number of nitrogens with two attached hydrogens (primary N) is 1. The number of primary amides is 1. The molecule has 0 unspecified atom stereocenters. The normalized spacial score (nSPS) is 13.0. The molecular formula is C25H30N4O5. The summed E-state index contributed by atoms with van der Waals surface area (Å²) in [6.07, 6.45) is 2.63. The number of anilines is 1. The van der Waals surface area contributed by atoms with Gasteiger partial charge in [-0.05, 0) is 31.0 Å². The van der Waals surface area contributed by atoms with Crippen molar-refractivity contribution in [2.75, 3.05) is 39.3 Å². The van der Waals surface area contributed by atoms with Crippen LogP contribution >= 0.6 is 0 Å². The maximum absolute atomic E-state index is 12.7. The van der Waals surface area contributed by atoms with Gasteiger partial charge in [0.25, 0.3) is 5.91 Å². The molecule has 9 heteroatoms. The predicted molar refractivity (Wildman–Crippen MR) is 130 cm³/mol. The Hall–Kier alpha value is -3.88. The standard InChI is InChI=1S/C25H30N4O5/c1-29-19-14-21(34-3)20(33-2)13-18(19)24(28-15-23(29)31)16-8-7-9-17(12-16)25(32)27-11-6-4-5-10-22(26)30/h7-9,12-14H,4-6,10-11,15H2,1-3H3,(H2,26,30)(H,27,32). The van der Waals surface area contributed by atoms with E-state index in [1.165, 1.54) is 7.11 Å². The van der Waals surface area contributed by atoms with Crippen LogP contribution in [0.1, 0.15) is 47.2 Å². The van der Waals surface area contributed by atoms with E-state index >= 15 is 0 Å². The largest absolute Gasteiger partial charge is 0.493 e. The molecule has 180 valence electrons. The molecule has 0 spiro atoms. The van der Waals surface area contributed by atoms with Crippen molar-refractivity contribution in [3.63, 3.8) is 0 Å². The van der Waals surface area contributed by atoms with Crippen LogP contribution < -0.4 is 25.4 Å². The first-order valence-corrected chi connectivity index (χ1v) is 11.1. The molecule has 0 radical (unpaired) electrons. The molecule has 0 saturated heterocycles. The maximum Gasteiger partial charge on any atom is 0.251 e. The van der Waals surface area contributed by atoms with Crippen LogP contribution in [0.5, 0.6) is 11.5 Å². The molecule has 0 aromatic heterocycles. The second-order valence-corrected chi connectivity index (χ2v) is 7.96. The van der Waals surface area contributed by atoms with Gasteiger partial charge >= 0.3 is 0 Å². The molecule has 0 bridgehead atoms. The zero-order valence-corrected chi connectivity index (χ0v) is 19.7. The van der Waals surface area contributed by atoms with Gasteiger partial charge in [-0.3, -0.25) is 19.4 Å². The van der Waals surface area contributed by atoms with Gasteiger partial charge in [0.1, 0.15) is 6.54 Å². The molecule has 2 aromatic carbocycles. The third-order valence-corrected chi connectivity index (χ3v) is 5.65. The molecule has 3 rings (SSSR count). The number of methoxy groups -OCH3 is 2. The summed E-state index contributed by atoms with van der Waals surface area (Å²) in [5.41, 5.74) is 8.28. The number of fused-ring (bicyclic) bond motifs is 1. The fraction of sp³-hybridized carbons (Fsp3) is 0.360. The number of carbonyl (C=O) groups is 3. The molecule has 3 amide bonds. The number of amides is 3. The Bertz CT molecular complexity index is 1110. The zero-order valence-electron chi connectivity index (χ0n) is 19.7. The summed E-state index contributed by atoms with van der Waals surface area (Å²) in [6.45, 7) is 0.481. The summed E-state index contributed by atoms with van der Waals surface area (Å²) in [5, 5.41) is 2.90. The summed E-state index contributed by atoms with van der Waals surface area (Å²) in [7, 11) is 4.78. The summed E-state index contributed by atoms with van der Waals surface area (Å²) in [6, 6.07) is 10.7. The summed E-state index contributed by atoms with van der Waals surface area (Å²) < 4.78 is 10.9. The monoisotopic (exact) mass is 466 g/mol. The van der Waals surface area contributed by atoms with E-state index in [9.17, 15) is 14.4 Å². The van der Waals surface area contributed by atoms with Crippen molar-refractivity contribution >= 4 is 29.1 Å². The minimum atomic E-state index is -0.312. The lowest BCUT2D eigenvalue weighted by Crippen LogP contribution is -2.27. The smallest absolute Gasteiger partial charge is 0.251 e. The molecule has 0 saturated carbocycles. The average Bonchev–Trinajstić information content (AvgIpc) is 2.96. The molecule has 1 aliphatic heterocycles. The van der Waals surface area contributed by atoms with Gasteiger partial charge in [0.05, 0.1) is 25.6 Å². The number of hydrogen-bond acceptors (Lipinski definition) is 6. The molecule has 2 aromatic rings. The van der Waals surface area contributed by atoms with E-state index in [-0.39, 0.29) is 24.3 Å². The topological polar surface area (TPSA) is 123 Å². The third kappa shape index (κ3) is 5.72. The summed E-state index contributed by atoms with van der Waals surface area (Å²) in [4.78, 5) is 42.2. The molecule has 0 atom stereocenters. The van der Waals surface area contributed by atoms with E-state index in [0.717, 1.165) is 12.8 Å². The minimum Gasteiger partial charge on any atom is -0.493 e. The van der Waals surface area contributed by atoms with Crippen LogP contribution in [0.25, 0.3) is 0 Å². The molecule has 34 heavy (non-hydrogen) atoms. The van der Waals surface area contributed by atoms with Gasteiger partial charge in [-0.1, -0.05) is 18.6 Å². The van der Waals surface area contributed by atoms with E-state index in [1.54, 1.807) is 49.4 Å². The van der Waals surface area contributed by atoms with Gasteiger partial charge in [-0.15, -0.1) is 0 Å². The predicted octanol–water partition coefficient (Wildman–Crippen LogP) is 2.29. The Labute approximate surface area is 198 Å². The lowest BCUT2D eigenvalue weighted by atomic mass is 9.97. The number of rotatable bonds is 10. The molecule has 0 aliphatic carbocycles. The molecular weight excluding hydrogens is 436 g/mol. The summed E-state index contributed by atoms with van der Waals surface area (Å²) in [5.74, 6) is 0.348. The quantitative estimate of drug-likeness (QED) is 0.520. The lowest BCUT2D eigenvalue weighted by Gasteiger charge is -2.20. The fourth-order valence-corrected chi connectivity index (χ4v) is 3.77. The number of benzodiazepines with no additional fused rings is 1. The van der Waals surface area contributed by atoms with Gasteiger partial charge in [-0.2, -0.15) is 0 Å². The molecule has 9 nitrogen and oxygen atoms in total. The molecule has 0 fully saturated rings. The second-order valence-electron chi connectivity index (χ2n) is 7.96. The van der Waals surface area contributed by atoms with E-state index in [2.05, 4.69) is 10.3 Å². The first-order valence-electron chi connectivity index (χ1n) is 11.1. The second kappa shape index (κ2) is 11.3. The first-order chi connectivity index (χ1) is 16.3. The number of carbonyl (C=O) groups excluding carboxylic acids is 3. The Kier molecular flexibility index (Phi) is 8.24. The highest BCUT2D eigenvalue weighted by atomic mass is 16.5. The summed E-state index contributed by atoms with van der Waals surface area (Å²) >= 11 is 0. The maximum atomic E-state index is 12.7. The Morgan fingerprint density at radius 1 is 1.09 bits per heavy atom. The minimum absolute atomic E-state index is 0.0210. The van der Waals surface area contributed by atoms with Crippen LogP contribution in [-0.2, 0) is 9.59 Å². The number of ether oxygens (including phenoxy) is 2.